The van der Waals surface area contributed by atoms with Crippen LogP contribution in [0.5, 0.6) is 0 Å². The number of anilines is 2. The third-order valence-electron chi connectivity index (χ3n) is 5.34. The standard InChI is InChI=1S/C19H22N4O3S/c1-22(15-10-12-27(25,26)13-15)18-9-8-16(20-21-18)19(24)23-11-4-6-14-5-2-3-7-17(14)23/h2-3,5,7-9,15H,4,6,10-13H2,1H3. The number of sulfone groups is 1. The summed E-state index contributed by atoms with van der Waals surface area (Å²) in [6, 6.07) is 11.2. The van der Waals surface area contributed by atoms with E-state index in [1.807, 2.05) is 36.2 Å². The fourth-order valence-corrected chi connectivity index (χ4v) is 5.55. The summed E-state index contributed by atoms with van der Waals surface area (Å²) in [7, 11) is -1.15. The van der Waals surface area contributed by atoms with Crippen molar-refractivity contribution in [3.8, 4) is 0 Å². The molecule has 1 unspecified atom stereocenters. The SMILES string of the molecule is CN(c1ccc(C(=O)N2CCCc3ccccc32)nn1)C1CCS(=O)(=O)C1. The van der Waals surface area contributed by atoms with E-state index in [1.54, 1.807) is 17.0 Å². The molecule has 7 nitrogen and oxygen atoms in total. The van der Waals surface area contributed by atoms with Gasteiger partial charge >= 0.3 is 0 Å². The molecule has 2 aliphatic rings. The second-order valence-corrected chi connectivity index (χ2v) is 9.36. The number of hydrogen-bond donors (Lipinski definition) is 0. The number of fused-ring (bicyclic) bond motifs is 1. The van der Waals surface area contributed by atoms with Gasteiger partial charge in [-0.25, -0.2) is 8.42 Å². The van der Waals surface area contributed by atoms with Crippen LogP contribution in [0.25, 0.3) is 0 Å². The highest BCUT2D eigenvalue weighted by Gasteiger charge is 2.31. The highest BCUT2D eigenvalue weighted by atomic mass is 32.2. The Kier molecular flexibility index (Phi) is 4.59. The zero-order valence-corrected chi connectivity index (χ0v) is 16.0. The van der Waals surface area contributed by atoms with E-state index in [4.69, 9.17) is 0 Å². The number of carbonyl (C=O) groups excluding carboxylic acids is 1. The average Bonchev–Trinajstić information content (AvgIpc) is 3.06. The Morgan fingerprint density at radius 3 is 2.70 bits per heavy atom. The van der Waals surface area contributed by atoms with Crippen molar-refractivity contribution in [1.82, 2.24) is 10.2 Å². The van der Waals surface area contributed by atoms with Crippen LogP contribution in [0.4, 0.5) is 11.5 Å². The number of aryl methyl sites for hydroxylation is 1. The zero-order chi connectivity index (χ0) is 19.0. The van der Waals surface area contributed by atoms with E-state index in [9.17, 15) is 13.2 Å². The minimum Gasteiger partial charge on any atom is -0.354 e. The lowest BCUT2D eigenvalue weighted by Gasteiger charge is -2.29. The van der Waals surface area contributed by atoms with Gasteiger partial charge in [0.1, 0.15) is 0 Å². The molecule has 1 amide bonds. The Balaban J connectivity index is 1.52. The predicted molar refractivity (Wildman–Crippen MR) is 104 cm³/mol. The lowest BCUT2D eigenvalue weighted by atomic mass is 10.0. The molecule has 4 rings (SSSR count). The summed E-state index contributed by atoms with van der Waals surface area (Å²) >= 11 is 0. The van der Waals surface area contributed by atoms with Crippen LogP contribution in [0.3, 0.4) is 0 Å². The molecular formula is C19H22N4O3S. The van der Waals surface area contributed by atoms with Gasteiger partial charge in [0.25, 0.3) is 5.91 Å². The first-order valence-corrected chi connectivity index (χ1v) is 10.9. The molecule has 0 bridgehead atoms. The third-order valence-corrected chi connectivity index (χ3v) is 7.09. The Bertz CT molecular complexity index is 959. The van der Waals surface area contributed by atoms with E-state index in [-0.39, 0.29) is 23.5 Å². The van der Waals surface area contributed by atoms with Crippen LogP contribution in [-0.2, 0) is 16.3 Å². The van der Waals surface area contributed by atoms with Crippen molar-refractivity contribution in [1.29, 1.82) is 0 Å². The van der Waals surface area contributed by atoms with Gasteiger partial charge in [-0.1, -0.05) is 18.2 Å². The van der Waals surface area contributed by atoms with E-state index < -0.39 is 9.84 Å². The van der Waals surface area contributed by atoms with Crippen molar-refractivity contribution in [3.05, 3.63) is 47.7 Å². The normalized spacial score (nSPS) is 20.9. The number of para-hydroxylation sites is 1. The number of aromatic nitrogens is 2. The first kappa shape index (κ1) is 17.9. The quantitative estimate of drug-likeness (QED) is 0.798. The minimum absolute atomic E-state index is 0.0974. The first-order chi connectivity index (χ1) is 12.9. The Labute approximate surface area is 158 Å². The molecule has 2 aromatic rings. The van der Waals surface area contributed by atoms with E-state index in [0.29, 0.717) is 24.5 Å². The monoisotopic (exact) mass is 386 g/mol. The predicted octanol–water partition coefficient (Wildman–Crippen LogP) is 1.69. The smallest absolute Gasteiger partial charge is 0.278 e. The van der Waals surface area contributed by atoms with E-state index in [2.05, 4.69) is 10.2 Å². The number of amides is 1. The van der Waals surface area contributed by atoms with Crippen LogP contribution >= 0.6 is 0 Å². The first-order valence-electron chi connectivity index (χ1n) is 9.11. The molecule has 0 N–H and O–H groups in total. The van der Waals surface area contributed by atoms with Crippen molar-refractivity contribution < 1.29 is 13.2 Å². The van der Waals surface area contributed by atoms with Crippen molar-refractivity contribution in [2.45, 2.75) is 25.3 Å². The summed E-state index contributed by atoms with van der Waals surface area (Å²) in [6.07, 6.45) is 2.48. The van der Waals surface area contributed by atoms with Crippen molar-refractivity contribution in [2.75, 3.05) is 34.9 Å². The number of benzene rings is 1. The molecule has 8 heteroatoms. The summed E-state index contributed by atoms with van der Waals surface area (Å²) < 4.78 is 23.4. The van der Waals surface area contributed by atoms with Gasteiger partial charge in [-0.2, -0.15) is 0 Å². The summed E-state index contributed by atoms with van der Waals surface area (Å²) in [5.74, 6) is 0.761. The summed E-state index contributed by atoms with van der Waals surface area (Å²) in [6.45, 7) is 0.666. The molecule has 1 saturated heterocycles. The fraction of sp³-hybridized carbons (Fsp3) is 0.421. The molecule has 0 radical (unpaired) electrons. The van der Waals surface area contributed by atoms with Crippen molar-refractivity contribution in [2.24, 2.45) is 0 Å². The van der Waals surface area contributed by atoms with Gasteiger partial charge in [-0.15, -0.1) is 10.2 Å². The zero-order valence-electron chi connectivity index (χ0n) is 15.2. The Morgan fingerprint density at radius 1 is 1.19 bits per heavy atom. The fourth-order valence-electron chi connectivity index (χ4n) is 3.78. The molecule has 1 atom stereocenters. The number of carbonyl (C=O) groups is 1. The highest BCUT2D eigenvalue weighted by molar-refractivity contribution is 7.91. The maximum Gasteiger partial charge on any atom is 0.278 e. The van der Waals surface area contributed by atoms with Crippen LogP contribution < -0.4 is 9.80 Å². The molecule has 142 valence electrons. The topological polar surface area (TPSA) is 83.5 Å². The van der Waals surface area contributed by atoms with Crippen LogP contribution in [0.1, 0.15) is 28.9 Å². The van der Waals surface area contributed by atoms with Gasteiger partial charge in [-0.05, 0) is 43.0 Å². The second-order valence-electron chi connectivity index (χ2n) is 7.13. The molecule has 0 saturated carbocycles. The number of hydrogen-bond acceptors (Lipinski definition) is 6. The molecular weight excluding hydrogens is 364 g/mol. The van der Waals surface area contributed by atoms with E-state index in [1.165, 1.54) is 5.56 Å². The molecule has 1 fully saturated rings. The van der Waals surface area contributed by atoms with Crippen molar-refractivity contribution in [3.63, 3.8) is 0 Å². The second kappa shape index (κ2) is 6.92. The molecule has 1 aromatic carbocycles. The molecule has 3 heterocycles. The summed E-state index contributed by atoms with van der Waals surface area (Å²) in [4.78, 5) is 16.5. The van der Waals surface area contributed by atoms with Gasteiger partial charge in [-0.3, -0.25) is 4.79 Å². The highest BCUT2D eigenvalue weighted by Crippen LogP contribution is 2.28. The van der Waals surface area contributed by atoms with Crippen molar-refractivity contribution >= 4 is 27.2 Å². The lowest BCUT2D eigenvalue weighted by Crippen LogP contribution is -2.36. The maximum absolute atomic E-state index is 12.9. The van der Waals surface area contributed by atoms with Crippen LogP contribution in [0.15, 0.2) is 36.4 Å². The maximum atomic E-state index is 12.9. The lowest BCUT2D eigenvalue weighted by molar-refractivity contribution is 0.0979. The molecule has 0 spiro atoms. The van der Waals surface area contributed by atoms with Gasteiger partial charge in [0.2, 0.25) is 0 Å². The van der Waals surface area contributed by atoms with Gasteiger partial charge in [0.05, 0.1) is 11.5 Å². The molecule has 2 aliphatic heterocycles. The average molecular weight is 386 g/mol. The largest absolute Gasteiger partial charge is 0.354 e. The van der Waals surface area contributed by atoms with Gasteiger partial charge in [0.15, 0.2) is 21.3 Å². The summed E-state index contributed by atoms with van der Waals surface area (Å²) in [5.41, 5.74) is 2.40. The van der Waals surface area contributed by atoms with Crippen LogP contribution in [-0.4, -0.2) is 55.7 Å². The van der Waals surface area contributed by atoms with E-state index >= 15 is 0 Å². The van der Waals surface area contributed by atoms with Gasteiger partial charge in [0, 0.05) is 25.3 Å². The minimum atomic E-state index is -2.96. The van der Waals surface area contributed by atoms with Crippen LogP contribution in [0.2, 0.25) is 0 Å². The van der Waals surface area contributed by atoms with E-state index in [0.717, 1.165) is 18.5 Å². The van der Waals surface area contributed by atoms with Crippen LogP contribution in [0, 0.1) is 0 Å². The summed E-state index contributed by atoms with van der Waals surface area (Å²) in [5, 5.41) is 8.30. The number of rotatable bonds is 3. The molecule has 1 aromatic heterocycles. The Morgan fingerprint density at radius 2 is 2.00 bits per heavy atom. The van der Waals surface area contributed by atoms with Gasteiger partial charge < -0.3 is 9.80 Å². The molecule has 0 aliphatic carbocycles. The third kappa shape index (κ3) is 3.53. The molecule has 27 heavy (non-hydrogen) atoms. The Hall–Kier alpha value is -2.48. The number of nitrogens with zero attached hydrogens (tertiary/aromatic N) is 4.